The third-order valence-corrected chi connectivity index (χ3v) is 9.43. The molecule has 0 aliphatic rings. The number of rotatable bonds is 36. The average Bonchev–Trinajstić information content (AvgIpc) is 3.10. The SMILES string of the molecule is CC/C=C/C/C=C/C=C/C(O)CCCCCCCC(=O)OC[C@H](COP(=O)(O)OCC[N+](C)(C)C)OC(=O)CCCCCCC/C=C\CCCCCC. The highest BCUT2D eigenvalue weighted by atomic mass is 31.2. The van der Waals surface area contributed by atoms with Gasteiger partial charge in [-0.25, -0.2) is 4.57 Å². The number of aliphatic hydroxyl groups is 1. The highest BCUT2D eigenvalue weighted by Gasteiger charge is 2.27. The predicted octanol–water partition coefficient (Wildman–Crippen LogP) is 10.1. The zero-order valence-electron chi connectivity index (χ0n) is 34.1. The molecule has 53 heavy (non-hydrogen) atoms. The van der Waals surface area contributed by atoms with Gasteiger partial charge in [0.25, 0.3) is 0 Å². The van der Waals surface area contributed by atoms with Gasteiger partial charge < -0.3 is 24.0 Å². The van der Waals surface area contributed by atoms with Gasteiger partial charge >= 0.3 is 19.8 Å². The summed E-state index contributed by atoms with van der Waals surface area (Å²) < 4.78 is 34.1. The molecule has 0 amide bonds. The first-order chi connectivity index (χ1) is 25.4. The summed E-state index contributed by atoms with van der Waals surface area (Å²) in [5.74, 6) is -0.890. The van der Waals surface area contributed by atoms with Gasteiger partial charge in [0, 0.05) is 12.8 Å². The fraction of sp³-hybridized carbons (Fsp3) is 0.762. The second-order valence-electron chi connectivity index (χ2n) is 14.8. The number of carbonyl (C=O) groups excluding carboxylic acids is 2. The number of hydrogen-bond donors (Lipinski definition) is 2. The number of allylic oxidation sites excluding steroid dienone is 7. The Hall–Kier alpha value is -2.07. The number of likely N-dealkylation sites (N-methyl/N-ethyl adjacent to an activating group) is 1. The summed E-state index contributed by atoms with van der Waals surface area (Å²) in [6.07, 6.45) is 34.6. The molecule has 0 spiro atoms. The molecule has 0 rings (SSSR count). The largest absolute Gasteiger partial charge is 0.472 e. The average molecular weight is 771 g/mol. The normalized spacial score (nSPS) is 14.8. The zero-order valence-corrected chi connectivity index (χ0v) is 35.0. The molecule has 0 saturated heterocycles. The first kappa shape index (κ1) is 50.9. The van der Waals surface area contributed by atoms with Crippen LogP contribution in [0.4, 0.5) is 0 Å². The molecule has 2 N–H and O–H groups in total. The number of carbonyl (C=O) groups is 2. The van der Waals surface area contributed by atoms with Crippen molar-refractivity contribution in [1.82, 2.24) is 0 Å². The van der Waals surface area contributed by atoms with Gasteiger partial charge in [-0.15, -0.1) is 0 Å². The first-order valence-corrected chi connectivity index (χ1v) is 22.0. The standard InChI is InChI=1S/C42H76NO9P/c1-6-8-10-12-14-15-16-17-18-19-21-25-30-34-42(46)52-40(38-51-53(47,48)50-36-35-43(3,4)5)37-49-41(45)33-29-26-22-24-28-32-39(44)31-27-23-20-13-11-9-7-2/h9,11,15-16,20,23,27,31,39-40,44H,6-8,10,12-14,17-19,21-22,24-26,28-30,32-38H2,1-5H3/p+1/b11-9+,16-15-,23-20+,31-27+/t39?,40-/m1/s1. The lowest BCUT2D eigenvalue weighted by atomic mass is 10.1. The third kappa shape index (κ3) is 38.0. The maximum absolute atomic E-state index is 12.6. The molecule has 11 heteroatoms. The van der Waals surface area contributed by atoms with E-state index in [1.54, 1.807) is 0 Å². The van der Waals surface area contributed by atoms with E-state index in [1.165, 1.54) is 25.7 Å². The molecular formula is C42H77NO9P+. The lowest BCUT2D eigenvalue weighted by molar-refractivity contribution is -0.870. The minimum absolute atomic E-state index is 0.0126. The molecule has 2 unspecified atom stereocenters. The Morgan fingerprint density at radius 2 is 1.30 bits per heavy atom. The minimum Gasteiger partial charge on any atom is -0.462 e. The number of phosphoric ester groups is 1. The van der Waals surface area contributed by atoms with Crippen LogP contribution in [0, 0.1) is 0 Å². The second kappa shape index (κ2) is 34.4. The first-order valence-electron chi connectivity index (χ1n) is 20.5. The van der Waals surface area contributed by atoms with Crippen LogP contribution in [0.5, 0.6) is 0 Å². The number of phosphoric acid groups is 1. The molecule has 0 aliphatic carbocycles. The highest BCUT2D eigenvalue weighted by Crippen LogP contribution is 2.43. The number of nitrogens with zero attached hydrogens (tertiary/aromatic N) is 1. The summed E-state index contributed by atoms with van der Waals surface area (Å²) in [7, 11) is 1.41. The zero-order chi connectivity index (χ0) is 39.5. The Labute approximate surface area is 323 Å². The second-order valence-corrected chi connectivity index (χ2v) is 16.3. The molecule has 3 atom stereocenters. The summed E-state index contributed by atoms with van der Waals surface area (Å²) in [5, 5.41) is 10.1. The molecule has 0 fully saturated rings. The van der Waals surface area contributed by atoms with Crippen LogP contribution in [0.1, 0.15) is 149 Å². The maximum atomic E-state index is 12.6. The van der Waals surface area contributed by atoms with Crippen molar-refractivity contribution in [3.05, 3.63) is 48.6 Å². The molecule has 10 nitrogen and oxygen atoms in total. The summed E-state index contributed by atoms with van der Waals surface area (Å²) in [5.41, 5.74) is 0. The Morgan fingerprint density at radius 1 is 0.698 bits per heavy atom. The molecule has 0 bridgehead atoms. The van der Waals surface area contributed by atoms with E-state index in [9.17, 15) is 24.2 Å². The summed E-state index contributed by atoms with van der Waals surface area (Å²) in [6.45, 7) is 4.13. The van der Waals surface area contributed by atoms with E-state index in [1.807, 2.05) is 39.4 Å². The van der Waals surface area contributed by atoms with Gasteiger partial charge in [0.1, 0.15) is 19.8 Å². The summed E-state index contributed by atoms with van der Waals surface area (Å²) >= 11 is 0. The van der Waals surface area contributed by atoms with Crippen molar-refractivity contribution in [3.63, 3.8) is 0 Å². The molecule has 0 aromatic rings. The van der Waals surface area contributed by atoms with Crippen LogP contribution < -0.4 is 0 Å². The van der Waals surface area contributed by atoms with Crippen molar-refractivity contribution in [3.8, 4) is 0 Å². The Bertz CT molecular complexity index is 1070. The van der Waals surface area contributed by atoms with Crippen molar-refractivity contribution in [2.24, 2.45) is 0 Å². The summed E-state index contributed by atoms with van der Waals surface area (Å²) in [6, 6.07) is 0. The van der Waals surface area contributed by atoms with Gasteiger partial charge in [0.15, 0.2) is 6.10 Å². The lowest BCUT2D eigenvalue weighted by Crippen LogP contribution is -2.37. The Kier molecular flexibility index (Phi) is 33.1. The molecule has 0 heterocycles. The number of esters is 2. The van der Waals surface area contributed by atoms with Crippen molar-refractivity contribution in [2.45, 2.75) is 161 Å². The van der Waals surface area contributed by atoms with E-state index in [-0.39, 0.29) is 26.1 Å². The molecule has 0 aromatic heterocycles. The Balaban J connectivity index is 4.51. The smallest absolute Gasteiger partial charge is 0.462 e. The molecular weight excluding hydrogens is 693 g/mol. The van der Waals surface area contributed by atoms with Gasteiger partial charge in [-0.1, -0.05) is 127 Å². The number of unbranched alkanes of at least 4 members (excludes halogenated alkanes) is 13. The molecule has 0 aromatic carbocycles. The van der Waals surface area contributed by atoms with E-state index < -0.39 is 38.6 Å². The van der Waals surface area contributed by atoms with Gasteiger partial charge in [0.05, 0.1) is 33.9 Å². The van der Waals surface area contributed by atoms with E-state index in [0.717, 1.165) is 77.0 Å². The summed E-state index contributed by atoms with van der Waals surface area (Å²) in [4.78, 5) is 35.3. The number of hydrogen-bond acceptors (Lipinski definition) is 8. The van der Waals surface area contributed by atoms with E-state index in [0.29, 0.717) is 30.3 Å². The predicted molar refractivity (Wildman–Crippen MR) is 216 cm³/mol. The van der Waals surface area contributed by atoms with E-state index in [4.69, 9.17) is 18.5 Å². The van der Waals surface area contributed by atoms with Crippen LogP contribution >= 0.6 is 7.82 Å². The number of ether oxygens (including phenoxy) is 2. The van der Waals surface area contributed by atoms with Crippen LogP contribution in [0.15, 0.2) is 48.6 Å². The maximum Gasteiger partial charge on any atom is 0.472 e. The van der Waals surface area contributed by atoms with Crippen molar-refractivity contribution >= 4 is 19.8 Å². The topological polar surface area (TPSA) is 129 Å². The van der Waals surface area contributed by atoms with Gasteiger partial charge in [-0.05, 0) is 57.8 Å². The van der Waals surface area contributed by atoms with Gasteiger partial charge in [-0.2, -0.15) is 0 Å². The fourth-order valence-corrected chi connectivity index (χ4v) is 5.93. The van der Waals surface area contributed by atoms with E-state index in [2.05, 4.69) is 44.2 Å². The van der Waals surface area contributed by atoms with Crippen molar-refractivity contribution in [2.75, 3.05) is 47.5 Å². The van der Waals surface area contributed by atoms with Crippen LogP contribution in [0.2, 0.25) is 0 Å². The van der Waals surface area contributed by atoms with Crippen LogP contribution in [0.25, 0.3) is 0 Å². The molecule has 308 valence electrons. The highest BCUT2D eigenvalue weighted by molar-refractivity contribution is 7.47. The van der Waals surface area contributed by atoms with Crippen LogP contribution in [-0.4, -0.2) is 86.1 Å². The minimum atomic E-state index is -4.40. The third-order valence-electron chi connectivity index (χ3n) is 8.45. The molecule has 0 radical (unpaired) electrons. The fourth-order valence-electron chi connectivity index (χ4n) is 5.19. The Morgan fingerprint density at radius 3 is 1.94 bits per heavy atom. The van der Waals surface area contributed by atoms with Gasteiger partial charge in [-0.3, -0.25) is 18.6 Å². The quantitative estimate of drug-likeness (QED) is 0.0160. The van der Waals surface area contributed by atoms with Crippen molar-refractivity contribution < 1.29 is 47.2 Å². The number of aliphatic hydroxyl groups excluding tert-OH is 1. The number of quaternary nitrogens is 1. The van der Waals surface area contributed by atoms with Gasteiger partial charge in [0.2, 0.25) is 0 Å². The van der Waals surface area contributed by atoms with Crippen LogP contribution in [0.3, 0.4) is 0 Å². The van der Waals surface area contributed by atoms with Crippen molar-refractivity contribution in [1.29, 1.82) is 0 Å². The molecule has 0 aliphatic heterocycles. The lowest BCUT2D eigenvalue weighted by Gasteiger charge is -2.24. The monoisotopic (exact) mass is 771 g/mol. The van der Waals surface area contributed by atoms with Crippen LogP contribution in [-0.2, 0) is 32.7 Å². The van der Waals surface area contributed by atoms with E-state index >= 15 is 0 Å². The molecule has 0 saturated carbocycles.